The number of hydrogen-bond acceptors (Lipinski definition) is 2. The average molecular weight is 291 g/mol. The van der Waals surface area contributed by atoms with Gasteiger partial charge in [-0.3, -0.25) is 0 Å². The Morgan fingerprint density at radius 3 is 2.27 bits per heavy atom. The van der Waals surface area contributed by atoms with Crippen LogP contribution in [0.5, 0.6) is 0 Å². The molecule has 0 aromatic heterocycles. The third-order valence-corrected chi connectivity index (χ3v) is 5.38. The summed E-state index contributed by atoms with van der Waals surface area (Å²) in [5.74, 6) is 0. The number of rotatable bonds is 2. The van der Waals surface area contributed by atoms with Gasteiger partial charge in [-0.2, -0.15) is 0 Å². The van der Waals surface area contributed by atoms with Crippen LogP contribution in [0.4, 0.5) is 0 Å². The zero-order chi connectivity index (χ0) is 15.2. The third kappa shape index (κ3) is 2.14. The van der Waals surface area contributed by atoms with Crippen LogP contribution in [-0.2, 0) is 32.1 Å². The van der Waals surface area contributed by atoms with Crippen molar-refractivity contribution in [2.75, 3.05) is 0 Å². The van der Waals surface area contributed by atoms with E-state index in [2.05, 4.69) is 48.5 Å². The summed E-state index contributed by atoms with van der Waals surface area (Å²) in [4.78, 5) is 0. The van der Waals surface area contributed by atoms with Gasteiger partial charge in [0.15, 0.2) is 0 Å². The summed E-state index contributed by atoms with van der Waals surface area (Å²) in [5.41, 5.74) is 8.83. The van der Waals surface area contributed by atoms with Gasteiger partial charge in [-0.15, -0.1) is 0 Å². The van der Waals surface area contributed by atoms with Gasteiger partial charge in [0.25, 0.3) is 0 Å². The van der Waals surface area contributed by atoms with E-state index in [0.717, 1.165) is 18.4 Å². The SMILES string of the molecule is CCc1ccc2c(c1)CC1(Cc3ccc(C=NO)cc3C1)C2. The van der Waals surface area contributed by atoms with E-state index in [1.807, 2.05) is 0 Å². The molecule has 1 atom stereocenters. The Balaban J connectivity index is 1.63. The summed E-state index contributed by atoms with van der Waals surface area (Å²) in [5, 5.41) is 11.9. The van der Waals surface area contributed by atoms with E-state index in [9.17, 15) is 0 Å². The molecule has 0 fully saturated rings. The summed E-state index contributed by atoms with van der Waals surface area (Å²) in [7, 11) is 0. The van der Waals surface area contributed by atoms with Crippen LogP contribution in [0, 0.1) is 5.41 Å². The van der Waals surface area contributed by atoms with Gasteiger partial charge in [-0.25, -0.2) is 0 Å². The summed E-state index contributed by atoms with van der Waals surface area (Å²) in [6.07, 6.45) is 7.35. The minimum Gasteiger partial charge on any atom is -0.411 e. The maximum atomic E-state index is 8.71. The van der Waals surface area contributed by atoms with Crippen molar-refractivity contribution in [3.8, 4) is 0 Å². The average Bonchev–Trinajstić information content (AvgIpc) is 3.04. The summed E-state index contributed by atoms with van der Waals surface area (Å²) < 4.78 is 0. The maximum absolute atomic E-state index is 8.71. The highest BCUT2D eigenvalue weighted by Crippen LogP contribution is 2.47. The minimum absolute atomic E-state index is 0.381. The second kappa shape index (κ2) is 4.98. The lowest BCUT2D eigenvalue weighted by Gasteiger charge is -2.21. The first-order valence-electron chi connectivity index (χ1n) is 8.11. The van der Waals surface area contributed by atoms with Gasteiger partial charge in [-0.05, 0) is 77.0 Å². The fourth-order valence-electron chi connectivity index (χ4n) is 4.36. The number of hydrogen-bond donors (Lipinski definition) is 1. The Morgan fingerprint density at radius 2 is 1.59 bits per heavy atom. The van der Waals surface area contributed by atoms with E-state index in [1.54, 1.807) is 11.1 Å². The smallest absolute Gasteiger partial charge is 0.0733 e. The molecule has 1 unspecified atom stereocenters. The molecule has 0 amide bonds. The van der Waals surface area contributed by atoms with E-state index in [0.29, 0.717) is 5.41 Å². The normalized spacial score (nSPS) is 22.4. The van der Waals surface area contributed by atoms with Crippen LogP contribution in [0.25, 0.3) is 0 Å². The Morgan fingerprint density at radius 1 is 0.955 bits per heavy atom. The number of oxime groups is 1. The molecule has 2 aliphatic rings. The van der Waals surface area contributed by atoms with Gasteiger partial charge in [0.05, 0.1) is 6.21 Å². The predicted molar refractivity (Wildman–Crippen MR) is 88.9 cm³/mol. The van der Waals surface area contributed by atoms with Crippen LogP contribution in [0.3, 0.4) is 0 Å². The van der Waals surface area contributed by atoms with Crippen LogP contribution < -0.4 is 0 Å². The maximum Gasteiger partial charge on any atom is 0.0733 e. The van der Waals surface area contributed by atoms with Crippen molar-refractivity contribution in [2.24, 2.45) is 10.6 Å². The Kier molecular flexibility index (Phi) is 3.07. The molecule has 22 heavy (non-hydrogen) atoms. The molecule has 1 N–H and O–H groups in total. The Labute approximate surface area is 131 Å². The molecule has 0 bridgehead atoms. The van der Waals surface area contributed by atoms with Gasteiger partial charge >= 0.3 is 0 Å². The zero-order valence-electron chi connectivity index (χ0n) is 13.0. The molecule has 0 aliphatic heterocycles. The van der Waals surface area contributed by atoms with Crippen LogP contribution in [0.2, 0.25) is 0 Å². The van der Waals surface area contributed by atoms with Crippen molar-refractivity contribution >= 4 is 6.21 Å². The Hall–Kier alpha value is -2.09. The molecular formula is C20H21NO. The van der Waals surface area contributed by atoms with Crippen molar-refractivity contribution in [1.82, 2.24) is 0 Å². The van der Waals surface area contributed by atoms with E-state index in [1.165, 1.54) is 42.2 Å². The zero-order valence-corrected chi connectivity index (χ0v) is 13.0. The first-order valence-corrected chi connectivity index (χ1v) is 8.11. The van der Waals surface area contributed by atoms with Crippen LogP contribution >= 0.6 is 0 Å². The lowest BCUT2D eigenvalue weighted by molar-refractivity contribution is 0.322. The highest BCUT2D eigenvalue weighted by atomic mass is 16.4. The van der Waals surface area contributed by atoms with Gasteiger partial charge in [0, 0.05) is 0 Å². The molecule has 1 spiro atoms. The van der Waals surface area contributed by atoms with Crippen LogP contribution in [0.1, 0.15) is 40.3 Å². The number of aryl methyl sites for hydroxylation is 1. The molecule has 2 aromatic carbocycles. The molecule has 2 heteroatoms. The van der Waals surface area contributed by atoms with Crippen molar-refractivity contribution in [1.29, 1.82) is 0 Å². The highest BCUT2D eigenvalue weighted by molar-refractivity contribution is 5.79. The summed E-state index contributed by atoms with van der Waals surface area (Å²) >= 11 is 0. The first kappa shape index (κ1) is 13.6. The number of fused-ring (bicyclic) bond motifs is 2. The van der Waals surface area contributed by atoms with Gasteiger partial charge in [0.2, 0.25) is 0 Å². The van der Waals surface area contributed by atoms with Crippen molar-refractivity contribution in [2.45, 2.75) is 39.0 Å². The number of nitrogens with zero attached hydrogens (tertiary/aromatic N) is 1. The molecule has 112 valence electrons. The minimum atomic E-state index is 0.381. The van der Waals surface area contributed by atoms with E-state index < -0.39 is 0 Å². The first-order chi connectivity index (χ1) is 10.7. The topological polar surface area (TPSA) is 32.6 Å². The second-order valence-corrected chi connectivity index (χ2v) is 6.94. The summed E-state index contributed by atoms with van der Waals surface area (Å²) in [6, 6.07) is 13.5. The Bertz CT molecular complexity index is 762. The fraction of sp³-hybridized carbons (Fsp3) is 0.350. The lowest BCUT2D eigenvalue weighted by atomic mass is 9.82. The third-order valence-electron chi connectivity index (χ3n) is 5.38. The van der Waals surface area contributed by atoms with Crippen molar-refractivity contribution in [3.05, 3.63) is 69.8 Å². The van der Waals surface area contributed by atoms with Crippen molar-refractivity contribution in [3.63, 3.8) is 0 Å². The molecule has 0 saturated carbocycles. The molecular weight excluding hydrogens is 270 g/mol. The summed E-state index contributed by atoms with van der Waals surface area (Å²) in [6.45, 7) is 2.22. The molecule has 2 aliphatic carbocycles. The molecule has 0 saturated heterocycles. The fourth-order valence-corrected chi connectivity index (χ4v) is 4.36. The van der Waals surface area contributed by atoms with Crippen LogP contribution in [0.15, 0.2) is 41.6 Å². The number of benzene rings is 2. The molecule has 2 aromatic rings. The molecule has 0 radical (unpaired) electrons. The van der Waals surface area contributed by atoms with Crippen LogP contribution in [-0.4, -0.2) is 11.4 Å². The van der Waals surface area contributed by atoms with E-state index in [4.69, 9.17) is 5.21 Å². The second-order valence-electron chi connectivity index (χ2n) is 6.94. The quantitative estimate of drug-likeness (QED) is 0.507. The highest BCUT2D eigenvalue weighted by Gasteiger charge is 2.41. The lowest BCUT2D eigenvalue weighted by Crippen LogP contribution is -2.21. The molecule has 2 nitrogen and oxygen atoms in total. The standard InChI is InChI=1S/C20H21NO/c1-2-14-3-5-16-9-20(11-18(16)7-14)10-17-6-4-15(13-21-22)8-19(17)12-20/h3-8,13,22H,2,9-12H2,1H3. The monoisotopic (exact) mass is 291 g/mol. The van der Waals surface area contributed by atoms with Gasteiger partial charge < -0.3 is 5.21 Å². The predicted octanol–water partition coefficient (Wildman–Crippen LogP) is 3.94. The van der Waals surface area contributed by atoms with E-state index in [-0.39, 0.29) is 0 Å². The molecule has 4 rings (SSSR count). The van der Waals surface area contributed by atoms with Crippen molar-refractivity contribution < 1.29 is 5.21 Å². The van der Waals surface area contributed by atoms with Gasteiger partial charge in [-0.1, -0.05) is 42.4 Å². The van der Waals surface area contributed by atoms with E-state index >= 15 is 0 Å². The largest absolute Gasteiger partial charge is 0.411 e. The molecule has 0 heterocycles. The van der Waals surface area contributed by atoms with Gasteiger partial charge in [0.1, 0.15) is 0 Å².